The minimum atomic E-state index is -0.214. The molecule has 9 nitrogen and oxygen atoms in total. The van der Waals surface area contributed by atoms with Crippen molar-refractivity contribution in [1.29, 1.82) is 0 Å². The van der Waals surface area contributed by atoms with E-state index in [-0.39, 0.29) is 24.1 Å². The zero-order valence-electron chi connectivity index (χ0n) is 18.9. The molecule has 0 aliphatic heterocycles. The quantitative estimate of drug-likeness (QED) is 0.360. The average Bonchev–Trinajstić information content (AvgIpc) is 3.43. The summed E-state index contributed by atoms with van der Waals surface area (Å²) in [5.41, 5.74) is 3.62. The van der Waals surface area contributed by atoms with Crippen molar-refractivity contribution in [3.8, 4) is 5.69 Å². The van der Waals surface area contributed by atoms with Crippen molar-refractivity contribution in [2.24, 2.45) is 0 Å². The molecule has 0 unspecified atom stereocenters. The van der Waals surface area contributed by atoms with Crippen LogP contribution in [0.1, 0.15) is 32.3 Å². The topological polar surface area (TPSA) is 115 Å². The fourth-order valence-corrected chi connectivity index (χ4v) is 4.50. The van der Waals surface area contributed by atoms with Crippen LogP contribution in [-0.2, 0) is 11.3 Å². The Bertz CT molecular complexity index is 1320. The highest BCUT2D eigenvalue weighted by Gasteiger charge is 2.17. The molecule has 11 heteroatoms. The van der Waals surface area contributed by atoms with Gasteiger partial charge in [-0.15, -0.1) is 20.4 Å². The molecule has 0 bridgehead atoms. The summed E-state index contributed by atoms with van der Waals surface area (Å²) in [6.45, 7) is 5.99. The maximum absolute atomic E-state index is 12.7. The molecule has 4 rings (SSSR count). The van der Waals surface area contributed by atoms with Gasteiger partial charge in [0.15, 0.2) is 11.0 Å². The molecule has 0 saturated carbocycles. The number of thioether (sulfide) groups is 1. The molecule has 2 heterocycles. The van der Waals surface area contributed by atoms with E-state index >= 15 is 0 Å². The first kappa shape index (κ1) is 23.6. The van der Waals surface area contributed by atoms with Gasteiger partial charge in [-0.3, -0.25) is 19.5 Å². The van der Waals surface area contributed by atoms with Crippen LogP contribution >= 0.6 is 23.1 Å². The number of hydrogen-bond acceptors (Lipinski definition) is 8. The lowest BCUT2D eigenvalue weighted by molar-refractivity contribution is -0.113. The molecule has 2 amide bonds. The van der Waals surface area contributed by atoms with Crippen molar-refractivity contribution >= 4 is 40.0 Å². The van der Waals surface area contributed by atoms with Gasteiger partial charge in [-0.25, -0.2) is 0 Å². The second kappa shape index (κ2) is 10.6. The van der Waals surface area contributed by atoms with E-state index in [9.17, 15) is 9.59 Å². The summed E-state index contributed by atoms with van der Waals surface area (Å²) in [4.78, 5) is 25.1. The first-order valence-corrected chi connectivity index (χ1v) is 12.3. The monoisotopic (exact) mass is 493 g/mol. The summed E-state index contributed by atoms with van der Waals surface area (Å²) in [6, 6.07) is 15.2. The largest absolute Gasteiger partial charge is 0.345 e. The zero-order valence-corrected chi connectivity index (χ0v) is 20.5. The molecule has 2 aromatic carbocycles. The highest BCUT2D eigenvalue weighted by molar-refractivity contribution is 7.99. The Morgan fingerprint density at radius 3 is 2.47 bits per heavy atom. The summed E-state index contributed by atoms with van der Waals surface area (Å²) in [5.74, 6) is 0.282. The second-order valence-corrected chi connectivity index (χ2v) is 9.64. The number of aromatic nitrogens is 5. The molecule has 174 valence electrons. The lowest BCUT2D eigenvalue weighted by atomic mass is 10.1. The van der Waals surface area contributed by atoms with Crippen molar-refractivity contribution in [3.05, 3.63) is 76.1 Å². The molecule has 0 saturated heterocycles. The van der Waals surface area contributed by atoms with Crippen LogP contribution in [0.2, 0.25) is 0 Å². The maximum Gasteiger partial charge on any atom is 0.251 e. The number of carbonyl (C=O) groups excluding carboxylic acids is 2. The number of amides is 2. The molecular formula is C23H23N7O2S2. The summed E-state index contributed by atoms with van der Waals surface area (Å²) in [6.07, 6.45) is 0. The van der Waals surface area contributed by atoms with Crippen LogP contribution in [0.4, 0.5) is 5.13 Å². The average molecular weight is 494 g/mol. The summed E-state index contributed by atoms with van der Waals surface area (Å²) in [7, 11) is 0. The number of nitrogens with zero attached hydrogens (tertiary/aromatic N) is 5. The van der Waals surface area contributed by atoms with Gasteiger partial charge in [-0.1, -0.05) is 47.4 Å². The standard InChI is InChI=1S/C23H23N7O2S2/c1-14-9-10-17(11-15(14)2)21(32)24-12-19-27-29-23(30(19)18-7-5-4-6-8-18)33-13-20(31)25-22-28-26-16(3)34-22/h4-11H,12-13H2,1-3H3,(H,24,32)(H,25,28,31). The second-order valence-electron chi connectivity index (χ2n) is 7.51. The molecule has 2 N–H and O–H groups in total. The van der Waals surface area contributed by atoms with E-state index in [0.717, 1.165) is 21.8 Å². The first-order chi connectivity index (χ1) is 16.4. The van der Waals surface area contributed by atoms with Crippen LogP contribution in [-0.4, -0.2) is 42.5 Å². The number of anilines is 1. The van der Waals surface area contributed by atoms with Crippen LogP contribution in [0.5, 0.6) is 0 Å². The lowest BCUT2D eigenvalue weighted by Gasteiger charge is -2.11. The Kier molecular flexibility index (Phi) is 7.33. The smallest absolute Gasteiger partial charge is 0.251 e. The van der Waals surface area contributed by atoms with Gasteiger partial charge in [0.2, 0.25) is 11.0 Å². The van der Waals surface area contributed by atoms with Crippen LogP contribution in [0, 0.1) is 20.8 Å². The van der Waals surface area contributed by atoms with Crippen molar-refractivity contribution in [2.45, 2.75) is 32.5 Å². The number of hydrogen-bond donors (Lipinski definition) is 2. The molecule has 0 spiro atoms. The third-order valence-corrected chi connectivity index (χ3v) is 6.68. The van der Waals surface area contributed by atoms with Gasteiger partial charge in [-0.05, 0) is 56.2 Å². The van der Waals surface area contributed by atoms with E-state index < -0.39 is 0 Å². The normalized spacial score (nSPS) is 10.8. The molecule has 0 fully saturated rings. The van der Waals surface area contributed by atoms with Gasteiger partial charge < -0.3 is 5.32 Å². The van der Waals surface area contributed by atoms with Crippen LogP contribution in [0.25, 0.3) is 5.69 Å². The molecule has 0 radical (unpaired) electrons. The van der Waals surface area contributed by atoms with Crippen LogP contribution in [0.15, 0.2) is 53.7 Å². The summed E-state index contributed by atoms with van der Waals surface area (Å²) >= 11 is 2.57. The summed E-state index contributed by atoms with van der Waals surface area (Å²) < 4.78 is 1.84. The molecule has 2 aromatic heterocycles. The molecule has 0 atom stereocenters. The summed E-state index contributed by atoms with van der Waals surface area (Å²) in [5, 5.41) is 23.8. The van der Waals surface area contributed by atoms with Crippen molar-refractivity contribution in [3.63, 3.8) is 0 Å². The lowest BCUT2D eigenvalue weighted by Crippen LogP contribution is -2.24. The molecule has 0 aliphatic carbocycles. The molecule has 34 heavy (non-hydrogen) atoms. The van der Waals surface area contributed by atoms with E-state index in [1.54, 1.807) is 6.07 Å². The maximum atomic E-state index is 12.7. The van der Waals surface area contributed by atoms with E-state index in [2.05, 4.69) is 31.0 Å². The van der Waals surface area contributed by atoms with Gasteiger partial charge in [0.25, 0.3) is 5.91 Å². The van der Waals surface area contributed by atoms with Gasteiger partial charge >= 0.3 is 0 Å². The fraction of sp³-hybridized carbons (Fsp3) is 0.217. The van der Waals surface area contributed by atoms with Crippen molar-refractivity contribution < 1.29 is 9.59 Å². The van der Waals surface area contributed by atoms with Gasteiger partial charge in [0.1, 0.15) is 5.01 Å². The highest BCUT2D eigenvalue weighted by atomic mass is 32.2. The third kappa shape index (κ3) is 5.67. The predicted octanol–water partition coefficient (Wildman–Crippen LogP) is 3.70. The van der Waals surface area contributed by atoms with Crippen LogP contribution < -0.4 is 10.6 Å². The minimum Gasteiger partial charge on any atom is -0.345 e. The zero-order chi connectivity index (χ0) is 24.1. The predicted molar refractivity (Wildman–Crippen MR) is 132 cm³/mol. The van der Waals surface area contributed by atoms with Crippen LogP contribution in [0.3, 0.4) is 0 Å². The Morgan fingerprint density at radius 1 is 0.971 bits per heavy atom. The number of aryl methyl sites for hydroxylation is 3. The Morgan fingerprint density at radius 2 is 1.76 bits per heavy atom. The molecule has 4 aromatic rings. The minimum absolute atomic E-state index is 0.124. The number of nitrogens with one attached hydrogen (secondary N) is 2. The van der Waals surface area contributed by atoms with E-state index in [1.165, 1.54) is 23.1 Å². The Balaban J connectivity index is 1.48. The Labute approximate surface area is 205 Å². The van der Waals surface area contributed by atoms with Gasteiger partial charge in [0.05, 0.1) is 12.3 Å². The van der Waals surface area contributed by atoms with Crippen molar-refractivity contribution in [2.75, 3.05) is 11.1 Å². The number of carbonyl (C=O) groups is 2. The Hall–Kier alpha value is -3.57. The SMILES string of the molecule is Cc1nnc(NC(=O)CSc2nnc(CNC(=O)c3ccc(C)c(C)c3)n2-c2ccccc2)s1. The first-order valence-electron chi connectivity index (χ1n) is 10.5. The van der Waals surface area contributed by atoms with Gasteiger partial charge in [0, 0.05) is 11.3 Å². The van der Waals surface area contributed by atoms with E-state index in [4.69, 9.17) is 0 Å². The number of benzene rings is 2. The fourth-order valence-electron chi connectivity index (χ4n) is 3.12. The number of rotatable bonds is 8. The highest BCUT2D eigenvalue weighted by Crippen LogP contribution is 2.23. The number of para-hydroxylation sites is 1. The van der Waals surface area contributed by atoms with Gasteiger partial charge in [-0.2, -0.15) is 0 Å². The molecule has 0 aliphatic rings. The van der Waals surface area contributed by atoms with E-state index in [0.29, 0.717) is 21.7 Å². The third-order valence-electron chi connectivity index (χ3n) is 5.00. The van der Waals surface area contributed by atoms with Crippen molar-refractivity contribution in [1.82, 2.24) is 30.3 Å². The van der Waals surface area contributed by atoms with E-state index in [1.807, 2.05) is 67.8 Å². The molecular weight excluding hydrogens is 470 g/mol.